The van der Waals surface area contributed by atoms with Crippen molar-refractivity contribution >= 4 is 12.0 Å². The molecule has 2 amide bonds. The average Bonchev–Trinajstić information content (AvgIpc) is 2.80. The second-order valence-electron chi connectivity index (χ2n) is 7.96. The Kier molecular flexibility index (Phi) is 10.2. The number of nitrogens with one attached hydrogen (secondary N) is 1. The molecule has 0 saturated heterocycles. The zero-order chi connectivity index (χ0) is 23.3. The van der Waals surface area contributed by atoms with E-state index in [4.69, 9.17) is 9.47 Å². The van der Waals surface area contributed by atoms with Crippen molar-refractivity contribution in [3.63, 3.8) is 0 Å². The smallest absolute Gasteiger partial charge is 0.408 e. The summed E-state index contributed by atoms with van der Waals surface area (Å²) in [6, 6.07) is 20.3. The van der Waals surface area contributed by atoms with Gasteiger partial charge in [0.25, 0.3) is 5.91 Å². The SMILES string of the molecule is CC(C)CC(OC(=O)NCc1ccccc1)C(=O)N(C)C(C#N)COCc1ccccc1. The summed E-state index contributed by atoms with van der Waals surface area (Å²) < 4.78 is 11.1. The number of ether oxygens (including phenoxy) is 2. The highest BCUT2D eigenvalue weighted by Crippen LogP contribution is 2.14. The topological polar surface area (TPSA) is 91.7 Å². The number of benzene rings is 2. The van der Waals surface area contributed by atoms with Crippen molar-refractivity contribution in [2.24, 2.45) is 5.92 Å². The summed E-state index contributed by atoms with van der Waals surface area (Å²) in [5.74, 6) is -0.308. The predicted octanol–water partition coefficient (Wildman–Crippen LogP) is 3.89. The number of hydrogen-bond acceptors (Lipinski definition) is 5. The molecule has 2 unspecified atom stereocenters. The van der Waals surface area contributed by atoms with Gasteiger partial charge < -0.3 is 19.7 Å². The number of hydrogen-bond donors (Lipinski definition) is 1. The maximum absolute atomic E-state index is 13.0. The highest BCUT2D eigenvalue weighted by molar-refractivity contribution is 5.83. The second-order valence-corrected chi connectivity index (χ2v) is 7.96. The predicted molar refractivity (Wildman–Crippen MR) is 121 cm³/mol. The lowest BCUT2D eigenvalue weighted by Crippen LogP contribution is -2.47. The molecule has 0 fully saturated rings. The summed E-state index contributed by atoms with van der Waals surface area (Å²) in [4.78, 5) is 26.6. The Balaban J connectivity index is 1.92. The van der Waals surface area contributed by atoms with Gasteiger partial charge in [-0.05, 0) is 23.5 Å². The van der Waals surface area contributed by atoms with Crippen LogP contribution in [0.1, 0.15) is 31.4 Å². The molecule has 0 aliphatic heterocycles. The molecule has 1 N–H and O–H groups in total. The van der Waals surface area contributed by atoms with Gasteiger partial charge in [-0.15, -0.1) is 0 Å². The molecular formula is C25H31N3O4. The van der Waals surface area contributed by atoms with E-state index in [2.05, 4.69) is 11.4 Å². The first-order valence-electron chi connectivity index (χ1n) is 10.7. The Hall–Kier alpha value is -3.37. The molecule has 2 aromatic carbocycles. The Bertz CT molecular complexity index is 881. The van der Waals surface area contributed by atoms with E-state index in [0.29, 0.717) is 19.6 Å². The fourth-order valence-corrected chi connectivity index (χ4v) is 3.05. The molecule has 0 saturated carbocycles. The fourth-order valence-electron chi connectivity index (χ4n) is 3.05. The number of carbonyl (C=O) groups is 2. The van der Waals surface area contributed by atoms with Gasteiger partial charge in [0.05, 0.1) is 19.3 Å². The molecule has 32 heavy (non-hydrogen) atoms. The largest absolute Gasteiger partial charge is 0.436 e. The van der Waals surface area contributed by atoms with E-state index in [1.807, 2.05) is 74.5 Å². The van der Waals surface area contributed by atoms with E-state index in [0.717, 1.165) is 11.1 Å². The fraction of sp³-hybridized carbons (Fsp3) is 0.400. The zero-order valence-electron chi connectivity index (χ0n) is 18.9. The van der Waals surface area contributed by atoms with Crippen LogP contribution in [0.25, 0.3) is 0 Å². The highest BCUT2D eigenvalue weighted by atomic mass is 16.6. The molecule has 2 aromatic rings. The van der Waals surface area contributed by atoms with E-state index in [1.54, 1.807) is 0 Å². The first-order chi connectivity index (χ1) is 15.4. The maximum Gasteiger partial charge on any atom is 0.408 e. The summed E-state index contributed by atoms with van der Waals surface area (Å²) in [6.07, 6.45) is -1.30. The van der Waals surface area contributed by atoms with Crippen LogP contribution >= 0.6 is 0 Å². The molecule has 7 heteroatoms. The van der Waals surface area contributed by atoms with Gasteiger partial charge in [-0.2, -0.15) is 5.26 Å². The van der Waals surface area contributed by atoms with Gasteiger partial charge in [0, 0.05) is 13.6 Å². The monoisotopic (exact) mass is 437 g/mol. The first-order valence-corrected chi connectivity index (χ1v) is 10.7. The molecule has 0 radical (unpaired) electrons. The molecule has 0 aromatic heterocycles. The Morgan fingerprint density at radius 3 is 2.19 bits per heavy atom. The Labute approximate surface area is 189 Å². The van der Waals surface area contributed by atoms with Gasteiger partial charge in [-0.25, -0.2) is 4.79 Å². The van der Waals surface area contributed by atoms with Crippen LogP contribution in [0.15, 0.2) is 60.7 Å². The lowest BCUT2D eigenvalue weighted by atomic mass is 10.0. The highest BCUT2D eigenvalue weighted by Gasteiger charge is 2.30. The molecule has 2 atom stereocenters. The quantitative estimate of drug-likeness (QED) is 0.576. The molecule has 2 rings (SSSR count). The lowest BCUT2D eigenvalue weighted by Gasteiger charge is -2.28. The minimum Gasteiger partial charge on any atom is -0.436 e. The summed E-state index contributed by atoms with van der Waals surface area (Å²) in [6.45, 7) is 4.58. The molecule has 0 aliphatic rings. The van der Waals surface area contributed by atoms with Crippen LogP contribution in [-0.4, -0.2) is 42.7 Å². The van der Waals surface area contributed by atoms with E-state index < -0.39 is 24.1 Å². The molecule has 0 bridgehead atoms. The third-order valence-electron chi connectivity index (χ3n) is 4.84. The van der Waals surface area contributed by atoms with E-state index in [1.165, 1.54) is 11.9 Å². The van der Waals surface area contributed by atoms with Crippen LogP contribution in [0.2, 0.25) is 0 Å². The molecule has 0 heterocycles. The van der Waals surface area contributed by atoms with Crippen molar-refractivity contribution in [2.75, 3.05) is 13.7 Å². The number of alkyl carbamates (subject to hydrolysis) is 1. The number of nitrogens with zero attached hydrogens (tertiary/aromatic N) is 2. The second kappa shape index (κ2) is 13.1. The van der Waals surface area contributed by atoms with E-state index >= 15 is 0 Å². The maximum atomic E-state index is 13.0. The van der Waals surface area contributed by atoms with Gasteiger partial charge in [0.1, 0.15) is 6.04 Å². The van der Waals surface area contributed by atoms with Gasteiger partial charge in [-0.3, -0.25) is 4.79 Å². The van der Waals surface area contributed by atoms with E-state index in [-0.39, 0.29) is 12.5 Å². The summed E-state index contributed by atoms with van der Waals surface area (Å²) >= 11 is 0. The van der Waals surface area contributed by atoms with Crippen LogP contribution in [0, 0.1) is 17.2 Å². The van der Waals surface area contributed by atoms with Crippen molar-refractivity contribution in [1.82, 2.24) is 10.2 Å². The number of amides is 2. The number of carbonyl (C=O) groups excluding carboxylic acids is 2. The Morgan fingerprint density at radius 2 is 1.62 bits per heavy atom. The third kappa shape index (κ3) is 8.40. The summed E-state index contributed by atoms with van der Waals surface area (Å²) in [5, 5.41) is 12.2. The third-order valence-corrected chi connectivity index (χ3v) is 4.84. The molecule has 7 nitrogen and oxygen atoms in total. The van der Waals surface area contributed by atoms with Crippen molar-refractivity contribution in [3.05, 3.63) is 71.8 Å². The standard InChI is InChI=1S/C25H31N3O4/c1-19(2)14-23(32-25(30)27-16-20-10-6-4-7-11-20)24(29)28(3)22(15-26)18-31-17-21-12-8-5-9-13-21/h4-13,19,22-23H,14,16-18H2,1-3H3,(H,27,30). The molecular weight excluding hydrogens is 406 g/mol. The van der Waals surface area contributed by atoms with Gasteiger partial charge in [0.2, 0.25) is 0 Å². The van der Waals surface area contributed by atoms with Crippen molar-refractivity contribution < 1.29 is 19.1 Å². The first kappa shape index (κ1) is 24.9. The number of nitriles is 1. The van der Waals surface area contributed by atoms with Crippen molar-refractivity contribution in [2.45, 2.75) is 45.6 Å². The van der Waals surface area contributed by atoms with Gasteiger partial charge >= 0.3 is 6.09 Å². The van der Waals surface area contributed by atoms with Crippen molar-refractivity contribution in [1.29, 1.82) is 5.26 Å². The normalized spacial score (nSPS) is 12.5. The van der Waals surface area contributed by atoms with Crippen LogP contribution in [0.3, 0.4) is 0 Å². The van der Waals surface area contributed by atoms with E-state index in [9.17, 15) is 14.9 Å². The molecule has 170 valence electrons. The molecule has 0 aliphatic carbocycles. The number of rotatable bonds is 11. The van der Waals surface area contributed by atoms with Gasteiger partial charge in [0.15, 0.2) is 6.10 Å². The van der Waals surface area contributed by atoms with Gasteiger partial charge in [-0.1, -0.05) is 74.5 Å². The zero-order valence-corrected chi connectivity index (χ0v) is 18.9. The number of likely N-dealkylation sites (N-methyl/N-ethyl adjacent to an activating group) is 1. The van der Waals surface area contributed by atoms with Crippen molar-refractivity contribution in [3.8, 4) is 6.07 Å². The Morgan fingerprint density at radius 1 is 1.03 bits per heavy atom. The summed E-state index contributed by atoms with van der Waals surface area (Å²) in [5.41, 5.74) is 1.91. The minimum atomic E-state index is -0.985. The summed E-state index contributed by atoms with van der Waals surface area (Å²) in [7, 11) is 1.53. The molecule has 0 spiro atoms. The van der Waals surface area contributed by atoms with Crippen LogP contribution < -0.4 is 5.32 Å². The lowest BCUT2D eigenvalue weighted by molar-refractivity contribution is -0.142. The van der Waals surface area contributed by atoms with Crippen LogP contribution in [0.4, 0.5) is 4.79 Å². The van der Waals surface area contributed by atoms with Crippen LogP contribution in [-0.2, 0) is 27.4 Å². The minimum absolute atomic E-state index is 0.0578. The van der Waals surface area contributed by atoms with Crippen LogP contribution in [0.5, 0.6) is 0 Å². The average molecular weight is 438 g/mol.